The molecule has 3 aromatic heterocycles. The molecule has 13 heteroatoms. The highest BCUT2D eigenvalue weighted by Gasteiger charge is 2.32. The number of halogens is 3. The molecule has 4 aromatic rings. The number of aliphatic hydroxyl groups is 1. The van der Waals surface area contributed by atoms with Crippen molar-refractivity contribution < 1.29 is 27.8 Å². The highest BCUT2D eigenvalue weighted by Crippen LogP contribution is 2.36. The van der Waals surface area contributed by atoms with E-state index in [2.05, 4.69) is 20.4 Å². The summed E-state index contributed by atoms with van der Waals surface area (Å²) in [6.07, 6.45) is 0.0356. The minimum Gasteiger partial charge on any atom is -0.479 e. The average molecular weight is 518 g/mol. The van der Waals surface area contributed by atoms with Crippen LogP contribution in [0.25, 0.3) is 27.7 Å². The molecule has 2 atom stereocenters. The Morgan fingerprint density at radius 3 is 2.84 bits per heavy atom. The Morgan fingerprint density at radius 1 is 1.32 bits per heavy atom. The van der Waals surface area contributed by atoms with Crippen molar-refractivity contribution in [3.8, 4) is 17.0 Å². The number of ether oxygens (including phenoxy) is 1. The molecule has 1 aliphatic heterocycles. The molecule has 0 aliphatic carbocycles. The number of hydrogen-bond acceptors (Lipinski definition) is 7. The number of carbonyl (C=O) groups excluding carboxylic acids is 1. The fourth-order valence-electron chi connectivity index (χ4n) is 4.82. The number of likely N-dealkylation sites (tertiary alicyclic amines) is 1. The predicted octanol–water partition coefficient (Wildman–Crippen LogP) is 2.51. The lowest BCUT2D eigenvalue weighted by Crippen LogP contribution is -2.50. The summed E-state index contributed by atoms with van der Waals surface area (Å²) < 4.78 is 51.6. The van der Waals surface area contributed by atoms with Crippen molar-refractivity contribution in [1.82, 2.24) is 29.0 Å². The molecule has 1 aliphatic rings. The molecule has 1 aromatic carbocycles. The number of amides is 1. The van der Waals surface area contributed by atoms with E-state index in [0.29, 0.717) is 22.4 Å². The fraction of sp³-hybridized carbons (Fsp3) is 0.417. The van der Waals surface area contributed by atoms with E-state index in [0.717, 1.165) is 0 Å². The summed E-state index contributed by atoms with van der Waals surface area (Å²) in [6, 6.07) is 4.51. The molecule has 0 spiro atoms. The van der Waals surface area contributed by atoms with E-state index in [1.807, 2.05) is 0 Å². The Bertz CT molecular complexity index is 1470. The maximum atomic E-state index is 15.3. The largest absolute Gasteiger partial charge is 0.479 e. The standard InChI is InChI=1S/C24H26F3N7O3/c1-13-28-18-4-3-14(9-19(18)33(13)8-6-25)21-16(27)11-34-22(21)23(37-2)30-24(31-34)29-17-5-7-32(10-15(17)26)20(36)12-35/h3-4,9,11,15,17,35H,5-8,10,12H2,1-2H3,(H,29,31)/t15-,17+/m1/s1. The Kier molecular flexibility index (Phi) is 6.63. The zero-order valence-corrected chi connectivity index (χ0v) is 20.3. The Labute approximate surface area is 209 Å². The van der Waals surface area contributed by atoms with Crippen LogP contribution in [0.15, 0.2) is 24.4 Å². The quantitative estimate of drug-likeness (QED) is 0.388. The molecule has 0 saturated carbocycles. The Hall–Kier alpha value is -3.87. The van der Waals surface area contributed by atoms with Crippen LogP contribution in [0.1, 0.15) is 12.2 Å². The van der Waals surface area contributed by atoms with Crippen LogP contribution in [-0.4, -0.2) is 85.8 Å². The lowest BCUT2D eigenvalue weighted by atomic mass is 10.0. The monoisotopic (exact) mass is 517 g/mol. The van der Waals surface area contributed by atoms with Crippen molar-refractivity contribution in [1.29, 1.82) is 0 Å². The minimum atomic E-state index is -1.42. The topological polar surface area (TPSA) is 110 Å². The van der Waals surface area contributed by atoms with Crippen LogP contribution in [-0.2, 0) is 11.3 Å². The SMILES string of the molecule is COc1nc(N[C@H]2CCN(C(=O)CO)C[C@H]2F)nn2cc(F)c(-c3ccc4nc(C)n(CCF)c4c3)c12. The number of piperidine rings is 1. The second-order valence-electron chi connectivity index (χ2n) is 8.85. The van der Waals surface area contributed by atoms with Gasteiger partial charge in [0.25, 0.3) is 0 Å². The molecular weight excluding hydrogens is 491 g/mol. The molecule has 0 bridgehead atoms. The second-order valence-corrected chi connectivity index (χ2v) is 8.85. The van der Waals surface area contributed by atoms with Gasteiger partial charge in [-0.1, -0.05) is 6.07 Å². The molecule has 4 heterocycles. The van der Waals surface area contributed by atoms with Crippen LogP contribution in [0.5, 0.6) is 5.88 Å². The molecule has 0 radical (unpaired) electrons. The van der Waals surface area contributed by atoms with Crippen LogP contribution < -0.4 is 10.1 Å². The van der Waals surface area contributed by atoms with Crippen LogP contribution in [0.2, 0.25) is 0 Å². The molecule has 1 amide bonds. The summed E-state index contributed by atoms with van der Waals surface area (Å²) in [6.45, 7) is 0.780. The number of hydrogen-bond donors (Lipinski definition) is 2. The number of nitrogens with one attached hydrogen (secondary N) is 1. The van der Waals surface area contributed by atoms with E-state index < -0.39 is 37.2 Å². The molecule has 2 N–H and O–H groups in total. The molecular formula is C24H26F3N7O3. The van der Waals surface area contributed by atoms with Gasteiger partial charge in [0, 0.05) is 6.54 Å². The predicted molar refractivity (Wildman–Crippen MR) is 130 cm³/mol. The number of alkyl halides is 2. The maximum absolute atomic E-state index is 15.3. The summed E-state index contributed by atoms with van der Waals surface area (Å²) in [5, 5.41) is 16.3. The van der Waals surface area contributed by atoms with Gasteiger partial charge >= 0.3 is 0 Å². The molecule has 196 valence electrons. The van der Waals surface area contributed by atoms with Crippen molar-refractivity contribution in [3.05, 3.63) is 36.0 Å². The number of nitrogens with zero attached hydrogens (tertiary/aromatic N) is 6. The molecule has 1 saturated heterocycles. The van der Waals surface area contributed by atoms with Gasteiger partial charge in [0.1, 0.15) is 30.8 Å². The van der Waals surface area contributed by atoms with Gasteiger partial charge in [-0.3, -0.25) is 4.79 Å². The fourth-order valence-corrected chi connectivity index (χ4v) is 4.82. The number of aliphatic hydroxyl groups excluding tert-OH is 1. The third-order valence-corrected chi connectivity index (χ3v) is 6.63. The van der Waals surface area contributed by atoms with E-state index in [1.54, 1.807) is 29.7 Å². The lowest BCUT2D eigenvalue weighted by molar-refractivity contribution is -0.136. The van der Waals surface area contributed by atoms with E-state index >= 15 is 4.39 Å². The smallest absolute Gasteiger partial charge is 0.248 e. The number of anilines is 1. The van der Waals surface area contributed by atoms with E-state index in [9.17, 15) is 13.6 Å². The minimum absolute atomic E-state index is 0.0348. The third kappa shape index (κ3) is 4.43. The zero-order chi connectivity index (χ0) is 26.3. The van der Waals surface area contributed by atoms with Gasteiger partial charge in [-0.2, -0.15) is 4.98 Å². The van der Waals surface area contributed by atoms with E-state index in [1.165, 1.54) is 22.7 Å². The number of rotatable bonds is 7. The van der Waals surface area contributed by atoms with Gasteiger partial charge in [0.15, 0.2) is 5.82 Å². The van der Waals surface area contributed by atoms with Gasteiger partial charge in [-0.15, -0.1) is 5.10 Å². The first-order valence-electron chi connectivity index (χ1n) is 11.8. The van der Waals surface area contributed by atoms with E-state index in [-0.39, 0.29) is 49.0 Å². The average Bonchev–Trinajstić information content (AvgIpc) is 3.39. The highest BCUT2D eigenvalue weighted by atomic mass is 19.1. The summed E-state index contributed by atoms with van der Waals surface area (Å²) >= 11 is 0. The van der Waals surface area contributed by atoms with Gasteiger partial charge in [0.05, 0.1) is 49.0 Å². The summed E-state index contributed by atoms with van der Waals surface area (Å²) in [5.74, 6) is -0.337. The third-order valence-electron chi connectivity index (χ3n) is 6.63. The lowest BCUT2D eigenvalue weighted by Gasteiger charge is -2.34. The van der Waals surface area contributed by atoms with Crippen molar-refractivity contribution in [2.45, 2.75) is 32.1 Å². The first kappa shape index (κ1) is 24.8. The normalized spacial score (nSPS) is 18.1. The molecule has 37 heavy (non-hydrogen) atoms. The number of aryl methyl sites for hydroxylation is 2. The first-order valence-corrected chi connectivity index (χ1v) is 11.8. The van der Waals surface area contributed by atoms with Gasteiger partial charge < -0.3 is 24.6 Å². The van der Waals surface area contributed by atoms with Gasteiger partial charge in [0.2, 0.25) is 17.7 Å². The van der Waals surface area contributed by atoms with Gasteiger partial charge in [-0.05, 0) is 31.0 Å². The van der Waals surface area contributed by atoms with Crippen LogP contribution in [0, 0.1) is 12.7 Å². The van der Waals surface area contributed by atoms with Crippen molar-refractivity contribution in [2.75, 3.05) is 38.8 Å². The Morgan fingerprint density at radius 2 is 2.14 bits per heavy atom. The van der Waals surface area contributed by atoms with Crippen LogP contribution in [0.4, 0.5) is 19.1 Å². The number of carbonyl (C=O) groups is 1. The zero-order valence-electron chi connectivity index (χ0n) is 20.3. The number of methoxy groups -OCH3 is 1. The number of aromatic nitrogens is 5. The second kappa shape index (κ2) is 9.88. The van der Waals surface area contributed by atoms with E-state index in [4.69, 9.17) is 9.84 Å². The van der Waals surface area contributed by atoms with Gasteiger partial charge in [-0.25, -0.2) is 22.7 Å². The summed E-state index contributed by atoms with van der Waals surface area (Å²) in [5.41, 5.74) is 2.33. The van der Waals surface area contributed by atoms with Crippen molar-refractivity contribution >= 4 is 28.4 Å². The van der Waals surface area contributed by atoms with Crippen LogP contribution in [0.3, 0.4) is 0 Å². The maximum Gasteiger partial charge on any atom is 0.248 e. The van der Waals surface area contributed by atoms with Crippen molar-refractivity contribution in [3.63, 3.8) is 0 Å². The molecule has 0 unspecified atom stereocenters. The Balaban J connectivity index is 1.50. The summed E-state index contributed by atoms with van der Waals surface area (Å²) in [7, 11) is 1.39. The van der Waals surface area contributed by atoms with Crippen LogP contribution >= 0.6 is 0 Å². The highest BCUT2D eigenvalue weighted by molar-refractivity contribution is 5.90. The number of fused-ring (bicyclic) bond motifs is 2. The number of imidazole rings is 1. The first-order chi connectivity index (χ1) is 17.8. The molecule has 10 nitrogen and oxygen atoms in total. The number of benzene rings is 1. The molecule has 1 fully saturated rings. The van der Waals surface area contributed by atoms with Crippen molar-refractivity contribution in [2.24, 2.45) is 0 Å². The summed E-state index contributed by atoms with van der Waals surface area (Å²) in [4.78, 5) is 21.7. The molecule has 5 rings (SSSR count).